The molecule has 1 aromatic rings. The molecule has 0 unspecified atom stereocenters. The van der Waals surface area contributed by atoms with Crippen LogP contribution < -0.4 is 0 Å². The molecule has 2 aliphatic carbocycles. The number of nitrogens with zero attached hydrogens (tertiary/aromatic N) is 1. The molecule has 0 saturated heterocycles. The highest BCUT2D eigenvalue weighted by Crippen LogP contribution is 2.66. The van der Waals surface area contributed by atoms with Gasteiger partial charge in [-0.05, 0) is 48.8 Å². The van der Waals surface area contributed by atoms with Crippen molar-refractivity contribution in [3.05, 3.63) is 51.3 Å². The van der Waals surface area contributed by atoms with Crippen molar-refractivity contribution < 1.29 is 14.5 Å². The highest BCUT2D eigenvalue weighted by atomic mass is 16.6. The van der Waals surface area contributed by atoms with Gasteiger partial charge in [0, 0.05) is 18.1 Å². The largest absolute Gasteiger partial charge is 0.427 e. The summed E-state index contributed by atoms with van der Waals surface area (Å²) >= 11 is 0. The van der Waals surface area contributed by atoms with Gasteiger partial charge in [0.25, 0.3) is 5.69 Å². The molecule has 1 saturated carbocycles. The second-order valence-electron chi connectivity index (χ2n) is 6.78. The second-order valence-corrected chi connectivity index (χ2v) is 6.78. The van der Waals surface area contributed by atoms with Gasteiger partial charge in [0.1, 0.15) is 5.76 Å². The molecule has 0 N–H and O–H groups in total. The minimum absolute atomic E-state index is 0.0343. The van der Waals surface area contributed by atoms with Crippen LogP contribution in [0.15, 0.2) is 35.6 Å². The number of ether oxygens (including phenoxy) is 1. The van der Waals surface area contributed by atoms with E-state index in [0.717, 1.165) is 24.2 Å². The van der Waals surface area contributed by atoms with Crippen LogP contribution in [0.3, 0.4) is 0 Å². The third-order valence-corrected chi connectivity index (χ3v) is 5.10. The first-order valence-electron chi connectivity index (χ1n) is 7.48. The van der Waals surface area contributed by atoms with Gasteiger partial charge in [-0.15, -0.1) is 0 Å². The number of hydrogen-bond donors (Lipinski definition) is 0. The van der Waals surface area contributed by atoms with Gasteiger partial charge in [0.05, 0.1) is 10.5 Å². The van der Waals surface area contributed by atoms with E-state index in [1.54, 1.807) is 0 Å². The maximum Gasteiger partial charge on any atom is 0.343 e. The molecule has 1 fully saturated rings. The third kappa shape index (κ3) is 2.30. The average molecular weight is 301 g/mol. The predicted molar refractivity (Wildman–Crippen MR) is 81.2 cm³/mol. The van der Waals surface area contributed by atoms with Gasteiger partial charge >= 0.3 is 5.97 Å². The van der Waals surface area contributed by atoms with Gasteiger partial charge in [-0.2, -0.15) is 0 Å². The van der Waals surface area contributed by atoms with Crippen molar-refractivity contribution in [2.45, 2.75) is 33.6 Å². The second kappa shape index (κ2) is 4.93. The lowest BCUT2D eigenvalue weighted by molar-refractivity contribution is -0.384. The molecule has 0 spiro atoms. The van der Waals surface area contributed by atoms with Crippen molar-refractivity contribution in [1.82, 2.24) is 0 Å². The number of esters is 1. The number of non-ortho nitro benzene ring substituents is 1. The minimum atomic E-state index is -0.486. The van der Waals surface area contributed by atoms with Crippen LogP contribution in [0.2, 0.25) is 0 Å². The first-order valence-corrected chi connectivity index (χ1v) is 7.48. The van der Waals surface area contributed by atoms with Crippen molar-refractivity contribution in [2.24, 2.45) is 17.3 Å². The third-order valence-electron chi connectivity index (χ3n) is 5.10. The van der Waals surface area contributed by atoms with E-state index in [1.807, 2.05) is 6.92 Å². The zero-order valence-corrected chi connectivity index (χ0v) is 13.0. The number of benzene rings is 1. The maximum atomic E-state index is 12.3. The first kappa shape index (κ1) is 14.8. The minimum Gasteiger partial charge on any atom is -0.427 e. The Morgan fingerprint density at radius 2 is 1.95 bits per heavy atom. The number of nitro groups is 1. The van der Waals surface area contributed by atoms with Crippen LogP contribution in [-0.4, -0.2) is 10.9 Å². The molecule has 0 heterocycles. The first-order chi connectivity index (χ1) is 10.3. The zero-order chi connectivity index (χ0) is 16.1. The van der Waals surface area contributed by atoms with Gasteiger partial charge in [-0.1, -0.05) is 13.8 Å². The molecule has 22 heavy (non-hydrogen) atoms. The fraction of sp³-hybridized carbons (Fsp3) is 0.471. The summed E-state index contributed by atoms with van der Waals surface area (Å²) in [7, 11) is 0. The van der Waals surface area contributed by atoms with Crippen LogP contribution in [0.4, 0.5) is 5.69 Å². The Balaban J connectivity index is 1.78. The average Bonchev–Trinajstić information content (AvgIpc) is 3.04. The van der Waals surface area contributed by atoms with Crippen molar-refractivity contribution in [2.75, 3.05) is 0 Å². The van der Waals surface area contributed by atoms with E-state index in [4.69, 9.17) is 4.74 Å². The molecule has 1 aromatic carbocycles. The Bertz CT molecular complexity index is 672. The number of rotatable bonds is 3. The fourth-order valence-corrected chi connectivity index (χ4v) is 3.59. The smallest absolute Gasteiger partial charge is 0.343 e. The summed E-state index contributed by atoms with van der Waals surface area (Å²) in [4.78, 5) is 22.4. The van der Waals surface area contributed by atoms with Crippen LogP contribution in [0.25, 0.3) is 0 Å². The molecular weight excluding hydrogens is 282 g/mol. The Morgan fingerprint density at radius 1 is 1.32 bits per heavy atom. The van der Waals surface area contributed by atoms with Gasteiger partial charge < -0.3 is 4.74 Å². The van der Waals surface area contributed by atoms with Gasteiger partial charge in [-0.25, -0.2) is 4.79 Å². The molecule has 0 aromatic heterocycles. The molecule has 5 heteroatoms. The Hall–Kier alpha value is -2.17. The molecule has 2 atom stereocenters. The zero-order valence-electron chi connectivity index (χ0n) is 13.0. The topological polar surface area (TPSA) is 69.4 Å². The Labute approximate surface area is 129 Å². The molecule has 0 amide bonds. The summed E-state index contributed by atoms with van der Waals surface area (Å²) < 4.78 is 5.65. The lowest BCUT2D eigenvalue weighted by atomic mass is 9.99. The van der Waals surface area contributed by atoms with E-state index < -0.39 is 10.9 Å². The van der Waals surface area contributed by atoms with E-state index in [0.29, 0.717) is 17.4 Å². The van der Waals surface area contributed by atoms with Crippen LogP contribution >= 0.6 is 0 Å². The summed E-state index contributed by atoms with van der Waals surface area (Å²) in [5, 5.41) is 10.6. The monoisotopic (exact) mass is 301 g/mol. The lowest BCUT2D eigenvalue weighted by Crippen LogP contribution is -2.11. The molecule has 0 radical (unpaired) electrons. The van der Waals surface area contributed by atoms with E-state index in [-0.39, 0.29) is 11.1 Å². The lowest BCUT2D eigenvalue weighted by Gasteiger charge is -2.17. The quantitative estimate of drug-likeness (QED) is 0.479. The normalized spacial score (nSPS) is 25.4. The molecule has 5 nitrogen and oxygen atoms in total. The molecular formula is C17H19NO4. The molecule has 0 bridgehead atoms. The SMILES string of the molecule is CC1=C(OC(=O)c2ccc([N+](=O)[O-])cc2)[C@H]2[C@@H](CC1)C2(C)C. The highest BCUT2D eigenvalue weighted by Gasteiger charge is 2.61. The van der Waals surface area contributed by atoms with Gasteiger partial charge in [-0.3, -0.25) is 10.1 Å². The van der Waals surface area contributed by atoms with Crippen LogP contribution in [0, 0.1) is 27.4 Å². The summed E-state index contributed by atoms with van der Waals surface area (Å²) in [6.07, 6.45) is 2.12. The Kier molecular flexibility index (Phi) is 3.31. The number of hydrogen-bond acceptors (Lipinski definition) is 4. The summed E-state index contributed by atoms with van der Waals surface area (Å²) in [6, 6.07) is 5.52. The molecule has 3 rings (SSSR count). The number of carbonyl (C=O) groups excluding carboxylic acids is 1. The molecule has 2 aliphatic rings. The predicted octanol–water partition coefficient (Wildman–Crippen LogP) is 4.09. The fourth-order valence-electron chi connectivity index (χ4n) is 3.59. The molecule has 0 aliphatic heterocycles. The van der Waals surface area contributed by atoms with Crippen molar-refractivity contribution >= 4 is 11.7 Å². The van der Waals surface area contributed by atoms with E-state index in [1.165, 1.54) is 24.3 Å². The summed E-state index contributed by atoms with van der Waals surface area (Å²) in [6.45, 7) is 6.43. The van der Waals surface area contributed by atoms with E-state index in [2.05, 4.69) is 13.8 Å². The number of nitro benzene ring substituents is 1. The van der Waals surface area contributed by atoms with Gasteiger partial charge in [0.2, 0.25) is 0 Å². The van der Waals surface area contributed by atoms with Gasteiger partial charge in [0.15, 0.2) is 0 Å². The van der Waals surface area contributed by atoms with Crippen molar-refractivity contribution in [3.63, 3.8) is 0 Å². The van der Waals surface area contributed by atoms with Crippen LogP contribution in [-0.2, 0) is 4.74 Å². The number of allylic oxidation sites excluding steroid dienone is 2. The number of carbonyl (C=O) groups is 1. The van der Waals surface area contributed by atoms with Crippen LogP contribution in [0.5, 0.6) is 0 Å². The van der Waals surface area contributed by atoms with Crippen molar-refractivity contribution in [1.29, 1.82) is 0 Å². The Morgan fingerprint density at radius 3 is 2.55 bits per heavy atom. The van der Waals surface area contributed by atoms with Crippen LogP contribution in [0.1, 0.15) is 44.0 Å². The van der Waals surface area contributed by atoms with E-state index in [9.17, 15) is 14.9 Å². The number of fused-ring (bicyclic) bond motifs is 1. The van der Waals surface area contributed by atoms with Crippen molar-refractivity contribution in [3.8, 4) is 0 Å². The highest BCUT2D eigenvalue weighted by molar-refractivity contribution is 5.90. The summed E-state index contributed by atoms with van der Waals surface area (Å²) in [5.41, 5.74) is 1.64. The standard InChI is InChI=1S/C17H19NO4/c1-10-4-9-13-14(17(13,2)3)15(10)22-16(19)11-5-7-12(8-6-11)18(20)21/h5-8,13-14H,4,9H2,1-3H3/t13-,14-/m1/s1. The maximum absolute atomic E-state index is 12.3. The summed E-state index contributed by atoms with van der Waals surface area (Å²) in [5.74, 6) is 1.29. The molecule has 116 valence electrons. The van der Waals surface area contributed by atoms with E-state index >= 15 is 0 Å².